The number of fused-ring (bicyclic) bond motifs is 1. The zero-order valence-corrected chi connectivity index (χ0v) is 21.1. The van der Waals surface area contributed by atoms with Crippen molar-refractivity contribution in [3.8, 4) is 5.75 Å². The molecule has 1 heterocycles. The second-order valence-corrected chi connectivity index (χ2v) is 9.24. The maximum absolute atomic E-state index is 12.9. The van der Waals surface area contributed by atoms with Gasteiger partial charge in [0.1, 0.15) is 18.2 Å². The van der Waals surface area contributed by atoms with Gasteiger partial charge < -0.3 is 9.84 Å². The topological polar surface area (TPSA) is 93.8 Å². The third kappa shape index (κ3) is 5.31. The lowest BCUT2D eigenvalue weighted by molar-refractivity contribution is 0.0697. The van der Waals surface area contributed by atoms with Crippen LogP contribution in [0.1, 0.15) is 27.3 Å². The first-order valence-electron chi connectivity index (χ1n) is 9.79. The second kappa shape index (κ2) is 9.84. The van der Waals surface area contributed by atoms with Gasteiger partial charge in [-0.3, -0.25) is 4.79 Å². The summed E-state index contributed by atoms with van der Waals surface area (Å²) >= 11 is 5.56. The molecule has 1 aromatic heterocycles. The molecule has 0 radical (unpaired) electrons. The van der Waals surface area contributed by atoms with Gasteiger partial charge in [-0.2, -0.15) is 9.78 Å². The van der Waals surface area contributed by atoms with Gasteiger partial charge in [0.2, 0.25) is 0 Å². The molecular formula is C24H17BrIN3O4. The first-order valence-corrected chi connectivity index (χ1v) is 11.7. The fourth-order valence-electron chi connectivity index (χ4n) is 3.14. The van der Waals surface area contributed by atoms with Gasteiger partial charge in [0.25, 0.3) is 5.56 Å². The quantitative estimate of drug-likeness (QED) is 0.236. The number of rotatable bonds is 6. The standard InChI is InChI=1S/C24H17BrIN3O4/c1-14-28-21-8-7-18(25)11-19(21)23(30)29(14)27-12-16-4-9-22(20(26)10-16)33-13-15-2-5-17(6-3-15)24(31)32/h2-12H,13H2,1H3,(H,31,32). The van der Waals surface area contributed by atoms with Crippen LogP contribution in [0.2, 0.25) is 0 Å². The van der Waals surface area contributed by atoms with Crippen LogP contribution in [-0.4, -0.2) is 27.0 Å². The summed E-state index contributed by atoms with van der Waals surface area (Å²) in [4.78, 5) is 28.3. The number of aryl methyl sites for hydroxylation is 1. The van der Waals surface area contributed by atoms with Gasteiger partial charge in [0.15, 0.2) is 0 Å². The van der Waals surface area contributed by atoms with Crippen molar-refractivity contribution in [2.24, 2.45) is 5.10 Å². The van der Waals surface area contributed by atoms with E-state index < -0.39 is 5.97 Å². The lowest BCUT2D eigenvalue weighted by Gasteiger charge is -2.09. The predicted octanol–water partition coefficient (Wildman–Crippen LogP) is 5.23. The van der Waals surface area contributed by atoms with Crippen LogP contribution < -0.4 is 10.3 Å². The molecule has 0 amide bonds. The molecule has 4 rings (SSSR count). The van der Waals surface area contributed by atoms with E-state index in [-0.39, 0.29) is 11.1 Å². The zero-order chi connectivity index (χ0) is 23.5. The molecule has 4 aromatic rings. The number of carboxylic acids is 1. The lowest BCUT2D eigenvalue weighted by Crippen LogP contribution is -2.20. The van der Waals surface area contributed by atoms with E-state index in [9.17, 15) is 9.59 Å². The van der Waals surface area contributed by atoms with E-state index in [2.05, 4.69) is 48.6 Å². The number of aromatic carboxylic acids is 1. The number of ether oxygens (including phenoxy) is 1. The third-order valence-electron chi connectivity index (χ3n) is 4.84. The summed E-state index contributed by atoms with van der Waals surface area (Å²) < 4.78 is 8.83. The Labute approximate surface area is 211 Å². The number of aromatic nitrogens is 2. The predicted molar refractivity (Wildman–Crippen MR) is 138 cm³/mol. The van der Waals surface area contributed by atoms with E-state index >= 15 is 0 Å². The summed E-state index contributed by atoms with van der Waals surface area (Å²) in [6.07, 6.45) is 1.61. The molecule has 0 fully saturated rings. The Bertz CT molecular complexity index is 1450. The van der Waals surface area contributed by atoms with Crippen LogP contribution in [-0.2, 0) is 6.61 Å². The minimum absolute atomic E-state index is 0.237. The van der Waals surface area contributed by atoms with Gasteiger partial charge in [0.05, 0.1) is 26.3 Å². The van der Waals surface area contributed by atoms with Crippen molar-refractivity contribution in [3.05, 3.63) is 102 Å². The Morgan fingerprint density at radius 2 is 1.94 bits per heavy atom. The number of hydrogen-bond donors (Lipinski definition) is 1. The summed E-state index contributed by atoms with van der Waals surface area (Å²) in [6.45, 7) is 2.06. The molecule has 0 saturated heterocycles. The molecule has 9 heteroatoms. The molecule has 0 unspecified atom stereocenters. The van der Waals surface area contributed by atoms with Crippen LogP contribution in [0.25, 0.3) is 10.9 Å². The highest BCUT2D eigenvalue weighted by Crippen LogP contribution is 2.23. The van der Waals surface area contributed by atoms with Crippen LogP contribution in [0.3, 0.4) is 0 Å². The summed E-state index contributed by atoms with van der Waals surface area (Å²) in [7, 11) is 0. The molecule has 0 aliphatic heterocycles. The molecule has 166 valence electrons. The van der Waals surface area contributed by atoms with Gasteiger partial charge in [0, 0.05) is 4.47 Å². The molecule has 0 bridgehead atoms. The van der Waals surface area contributed by atoms with Crippen molar-refractivity contribution in [1.29, 1.82) is 0 Å². The fraction of sp³-hybridized carbons (Fsp3) is 0.0833. The Balaban J connectivity index is 1.51. The van der Waals surface area contributed by atoms with Crippen molar-refractivity contribution in [2.45, 2.75) is 13.5 Å². The number of benzene rings is 3. The maximum Gasteiger partial charge on any atom is 0.335 e. The number of carbonyl (C=O) groups is 1. The summed E-state index contributed by atoms with van der Waals surface area (Å²) in [5.74, 6) is 0.231. The monoisotopic (exact) mass is 617 g/mol. The number of hydrogen-bond acceptors (Lipinski definition) is 5. The average Bonchev–Trinajstić information content (AvgIpc) is 2.79. The molecule has 3 aromatic carbocycles. The highest BCUT2D eigenvalue weighted by molar-refractivity contribution is 14.1. The molecule has 7 nitrogen and oxygen atoms in total. The highest BCUT2D eigenvalue weighted by atomic mass is 127. The average molecular weight is 618 g/mol. The molecule has 0 aliphatic rings. The van der Waals surface area contributed by atoms with Gasteiger partial charge in [-0.15, -0.1) is 0 Å². The molecule has 1 N–H and O–H groups in total. The molecule has 0 aliphatic carbocycles. The van der Waals surface area contributed by atoms with Crippen LogP contribution in [0.5, 0.6) is 5.75 Å². The van der Waals surface area contributed by atoms with E-state index in [0.29, 0.717) is 29.1 Å². The largest absolute Gasteiger partial charge is 0.488 e. The van der Waals surface area contributed by atoms with E-state index in [0.717, 1.165) is 19.2 Å². The maximum atomic E-state index is 12.9. The molecule has 0 atom stereocenters. The first kappa shape index (κ1) is 23.1. The van der Waals surface area contributed by atoms with E-state index in [1.807, 2.05) is 24.3 Å². The van der Waals surface area contributed by atoms with E-state index in [1.165, 1.54) is 4.68 Å². The fourth-order valence-corrected chi connectivity index (χ4v) is 4.20. The Hall–Kier alpha value is -3.05. The molecule has 0 spiro atoms. The molecular weight excluding hydrogens is 601 g/mol. The normalized spacial score (nSPS) is 11.2. The Kier molecular flexibility index (Phi) is 6.89. The van der Waals surface area contributed by atoms with Crippen LogP contribution in [0.4, 0.5) is 0 Å². The molecule has 0 saturated carbocycles. The van der Waals surface area contributed by atoms with Crippen molar-refractivity contribution < 1.29 is 14.6 Å². The number of carboxylic acid groups (broad SMARTS) is 1. The van der Waals surface area contributed by atoms with Crippen LogP contribution in [0.15, 0.2) is 75.0 Å². The van der Waals surface area contributed by atoms with Gasteiger partial charge >= 0.3 is 5.97 Å². The summed E-state index contributed by atoms with van der Waals surface area (Å²) in [5, 5.41) is 13.8. The van der Waals surface area contributed by atoms with E-state index in [1.54, 1.807) is 49.5 Å². The summed E-state index contributed by atoms with van der Waals surface area (Å²) in [6, 6.07) is 17.5. The minimum atomic E-state index is -0.959. The second-order valence-electron chi connectivity index (χ2n) is 7.16. The van der Waals surface area contributed by atoms with Crippen molar-refractivity contribution in [3.63, 3.8) is 0 Å². The van der Waals surface area contributed by atoms with Crippen molar-refractivity contribution in [2.75, 3.05) is 0 Å². The number of halogens is 2. The lowest BCUT2D eigenvalue weighted by atomic mass is 10.1. The van der Waals surface area contributed by atoms with Crippen LogP contribution in [0, 0.1) is 10.5 Å². The van der Waals surface area contributed by atoms with Gasteiger partial charge in [-0.1, -0.05) is 28.1 Å². The highest BCUT2D eigenvalue weighted by Gasteiger charge is 2.08. The van der Waals surface area contributed by atoms with Gasteiger partial charge in [-0.25, -0.2) is 9.78 Å². The first-order chi connectivity index (χ1) is 15.8. The zero-order valence-electron chi connectivity index (χ0n) is 17.3. The smallest absolute Gasteiger partial charge is 0.335 e. The minimum Gasteiger partial charge on any atom is -0.488 e. The van der Waals surface area contributed by atoms with Gasteiger partial charge in [-0.05, 0) is 89.2 Å². The van der Waals surface area contributed by atoms with Crippen molar-refractivity contribution >= 4 is 61.6 Å². The SMILES string of the molecule is Cc1nc2ccc(Br)cc2c(=O)n1N=Cc1ccc(OCc2ccc(C(=O)O)cc2)c(I)c1. The van der Waals surface area contributed by atoms with Crippen LogP contribution >= 0.6 is 38.5 Å². The Morgan fingerprint density at radius 3 is 2.64 bits per heavy atom. The Morgan fingerprint density at radius 1 is 1.18 bits per heavy atom. The van der Waals surface area contributed by atoms with E-state index in [4.69, 9.17) is 9.84 Å². The summed E-state index contributed by atoms with van der Waals surface area (Å²) in [5.41, 5.74) is 2.30. The van der Waals surface area contributed by atoms with Crippen molar-refractivity contribution in [1.82, 2.24) is 9.66 Å². The molecule has 33 heavy (non-hydrogen) atoms. The number of nitrogens with zero attached hydrogens (tertiary/aromatic N) is 3. The third-order valence-corrected chi connectivity index (χ3v) is 6.18.